The van der Waals surface area contributed by atoms with E-state index in [0.29, 0.717) is 5.56 Å². The molecule has 2 rings (SSSR count). The van der Waals surface area contributed by atoms with Crippen LogP contribution in [0.4, 0.5) is 5.69 Å². The number of piperazine rings is 1. The number of anilines is 1. The van der Waals surface area contributed by atoms with Crippen LogP contribution in [0.2, 0.25) is 0 Å². The molecule has 1 N–H and O–H groups in total. The van der Waals surface area contributed by atoms with E-state index in [1.807, 2.05) is 18.2 Å². The molecule has 1 aliphatic rings. The number of aldehydes is 1. The third-order valence-electron chi connectivity index (χ3n) is 3.26. The topological polar surface area (TPSA) is 43.8 Å². The lowest BCUT2D eigenvalue weighted by molar-refractivity contribution is 0.112. The molecule has 1 heterocycles. The Kier molecular flexibility index (Phi) is 4.74. The van der Waals surface area contributed by atoms with E-state index in [9.17, 15) is 4.79 Å². The molecular formula is C13H17BrN2O2. The SMILES string of the molecule is O=Cc1ccc(N2CCN(CCO)CC2)cc1Br. The van der Waals surface area contributed by atoms with Crippen molar-refractivity contribution in [1.29, 1.82) is 0 Å². The minimum Gasteiger partial charge on any atom is -0.395 e. The summed E-state index contributed by atoms with van der Waals surface area (Å²) in [5, 5.41) is 8.90. The Hall–Kier alpha value is -0.910. The summed E-state index contributed by atoms with van der Waals surface area (Å²) in [4.78, 5) is 15.3. The number of benzene rings is 1. The Morgan fingerprint density at radius 1 is 1.28 bits per heavy atom. The number of carbonyl (C=O) groups excluding carboxylic acids is 1. The third kappa shape index (κ3) is 3.10. The first-order valence-electron chi connectivity index (χ1n) is 6.07. The predicted molar refractivity (Wildman–Crippen MR) is 75.3 cm³/mol. The number of β-amino-alcohol motifs (C(OH)–C–C–N with tert-alkyl or cyclic N) is 1. The highest BCUT2D eigenvalue weighted by Crippen LogP contribution is 2.24. The van der Waals surface area contributed by atoms with Crippen molar-refractivity contribution in [3.8, 4) is 0 Å². The average Bonchev–Trinajstić information content (AvgIpc) is 2.40. The van der Waals surface area contributed by atoms with Gasteiger partial charge in [0.15, 0.2) is 6.29 Å². The van der Waals surface area contributed by atoms with Crippen molar-refractivity contribution < 1.29 is 9.90 Å². The van der Waals surface area contributed by atoms with Crippen LogP contribution in [0.5, 0.6) is 0 Å². The number of aliphatic hydroxyl groups excluding tert-OH is 1. The fraction of sp³-hybridized carbons (Fsp3) is 0.462. The predicted octanol–water partition coefficient (Wildman–Crippen LogP) is 1.38. The summed E-state index contributed by atoms with van der Waals surface area (Å²) in [7, 11) is 0. The molecule has 0 aliphatic carbocycles. The number of aliphatic hydroxyl groups is 1. The van der Waals surface area contributed by atoms with Gasteiger partial charge in [0.2, 0.25) is 0 Å². The van der Waals surface area contributed by atoms with Gasteiger partial charge in [0.25, 0.3) is 0 Å². The molecule has 0 saturated carbocycles. The molecule has 5 heteroatoms. The Balaban J connectivity index is 2.01. The molecule has 1 aromatic rings. The first-order valence-corrected chi connectivity index (χ1v) is 6.87. The monoisotopic (exact) mass is 312 g/mol. The normalized spacial score (nSPS) is 16.9. The molecule has 1 saturated heterocycles. The smallest absolute Gasteiger partial charge is 0.151 e. The fourth-order valence-electron chi connectivity index (χ4n) is 2.18. The van der Waals surface area contributed by atoms with Crippen LogP contribution < -0.4 is 4.90 Å². The van der Waals surface area contributed by atoms with Crippen molar-refractivity contribution in [2.45, 2.75) is 0 Å². The summed E-state index contributed by atoms with van der Waals surface area (Å²) in [6.07, 6.45) is 0.854. The van der Waals surface area contributed by atoms with E-state index in [-0.39, 0.29) is 6.61 Å². The summed E-state index contributed by atoms with van der Waals surface area (Å²) in [6, 6.07) is 5.81. The number of rotatable bonds is 4. The van der Waals surface area contributed by atoms with Gasteiger partial charge in [-0.2, -0.15) is 0 Å². The minimum absolute atomic E-state index is 0.222. The van der Waals surface area contributed by atoms with Crippen LogP contribution in [0.15, 0.2) is 22.7 Å². The van der Waals surface area contributed by atoms with Crippen LogP contribution in [-0.2, 0) is 0 Å². The van der Waals surface area contributed by atoms with Gasteiger partial charge in [0.1, 0.15) is 0 Å². The largest absolute Gasteiger partial charge is 0.395 e. The number of nitrogens with zero attached hydrogens (tertiary/aromatic N) is 2. The van der Waals surface area contributed by atoms with Crippen molar-refractivity contribution in [3.05, 3.63) is 28.2 Å². The standard InChI is InChI=1S/C13H17BrN2O2/c14-13-9-12(2-1-11(13)10-18)16-5-3-15(4-6-16)7-8-17/h1-2,9-10,17H,3-8H2. The summed E-state index contributed by atoms with van der Waals surface area (Å²) in [5.74, 6) is 0. The Morgan fingerprint density at radius 3 is 2.56 bits per heavy atom. The molecule has 1 aliphatic heterocycles. The maximum atomic E-state index is 10.8. The van der Waals surface area contributed by atoms with E-state index in [2.05, 4.69) is 25.7 Å². The Bertz CT molecular complexity index is 417. The van der Waals surface area contributed by atoms with E-state index in [0.717, 1.165) is 49.2 Å². The second-order valence-electron chi connectivity index (χ2n) is 4.38. The lowest BCUT2D eigenvalue weighted by Gasteiger charge is -2.35. The van der Waals surface area contributed by atoms with Gasteiger partial charge in [0, 0.05) is 48.4 Å². The quantitative estimate of drug-likeness (QED) is 0.853. The molecular weight excluding hydrogens is 296 g/mol. The number of carbonyl (C=O) groups is 1. The van der Waals surface area contributed by atoms with Crippen LogP contribution in [0.25, 0.3) is 0 Å². The van der Waals surface area contributed by atoms with Gasteiger partial charge >= 0.3 is 0 Å². The van der Waals surface area contributed by atoms with Crippen molar-refractivity contribution >= 4 is 27.9 Å². The molecule has 0 aromatic heterocycles. The van der Waals surface area contributed by atoms with Crippen LogP contribution in [0.1, 0.15) is 10.4 Å². The summed E-state index contributed by atoms with van der Waals surface area (Å²) >= 11 is 3.41. The molecule has 18 heavy (non-hydrogen) atoms. The maximum absolute atomic E-state index is 10.8. The highest BCUT2D eigenvalue weighted by atomic mass is 79.9. The molecule has 0 spiro atoms. The third-order valence-corrected chi connectivity index (χ3v) is 3.95. The molecule has 0 unspecified atom stereocenters. The van der Waals surface area contributed by atoms with Gasteiger partial charge in [-0.3, -0.25) is 9.69 Å². The first-order chi connectivity index (χ1) is 8.74. The first kappa shape index (κ1) is 13.5. The van der Waals surface area contributed by atoms with Gasteiger partial charge in [-0.1, -0.05) is 0 Å². The van der Waals surface area contributed by atoms with Gasteiger partial charge in [-0.05, 0) is 34.1 Å². The molecule has 0 bridgehead atoms. The van der Waals surface area contributed by atoms with Crippen molar-refractivity contribution in [1.82, 2.24) is 4.90 Å². The average molecular weight is 313 g/mol. The summed E-state index contributed by atoms with van der Waals surface area (Å²) < 4.78 is 0.841. The van der Waals surface area contributed by atoms with E-state index in [1.54, 1.807) is 0 Å². The second kappa shape index (κ2) is 6.31. The van der Waals surface area contributed by atoms with Gasteiger partial charge < -0.3 is 10.0 Å². The minimum atomic E-state index is 0.222. The molecule has 0 atom stereocenters. The van der Waals surface area contributed by atoms with E-state index in [4.69, 9.17) is 5.11 Å². The van der Waals surface area contributed by atoms with Gasteiger partial charge in [-0.25, -0.2) is 0 Å². The van der Waals surface area contributed by atoms with Crippen LogP contribution >= 0.6 is 15.9 Å². The van der Waals surface area contributed by atoms with Crippen molar-refractivity contribution in [2.75, 3.05) is 44.2 Å². The number of hydrogen-bond acceptors (Lipinski definition) is 4. The maximum Gasteiger partial charge on any atom is 0.151 e. The number of halogens is 1. The summed E-state index contributed by atoms with van der Waals surface area (Å²) in [6.45, 7) is 4.81. The van der Waals surface area contributed by atoms with E-state index < -0.39 is 0 Å². The highest BCUT2D eigenvalue weighted by molar-refractivity contribution is 9.10. The Morgan fingerprint density at radius 2 is 2.00 bits per heavy atom. The molecule has 0 amide bonds. The fourth-order valence-corrected chi connectivity index (χ4v) is 2.64. The van der Waals surface area contributed by atoms with Crippen molar-refractivity contribution in [2.24, 2.45) is 0 Å². The van der Waals surface area contributed by atoms with Gasteiger partial charge in [0.05, 0.1) is 6.61 Å². The van der Waals surface area contributed by atoms with Gasteiger partial charge in [-0.15, -0.1) is 0 Å². The molecule has 4 nitrogen and oxygen atoms in total. The number of hydrogen-bond donors (Lipinski definition) is 1. The van der Waals surface area contributed by atoms with Crippen LogP contribution in [0, 0.1) is 0 Å². The molecule has 0 radical (unpaired) electrons. The van der Waals surface area contributed by atoms with Crippen molar-refractivity contribution in [3.63, 3.8) is 0 Å². The molecule has 1 fully saturated rings. The zero-order valence-corrected chi connectivity index (χ0v) is 11.8. The second-order valence-corrected chi connectivity index (χ2v) is 5.23. The van der Waals surface area contributed by atoms with Crippen LogP contribution in [0.3, 0.4) is 0 Å². The highest BCUT2D eigenvalue weighted by Gasteiger charge is 2.17. The lowest BCUT2D eigenvalue weighted by Crippen LogP contribution is -2.47. The van der Waals surface area contributed by atoms with Crippen LogP contribution in [-0.4, -0.2) is 55.6 Å². The zero-order valence-electron chi connectivity index (χ0n) is 10.2. The van der Waals surface area contributed by atoms with E-state index in [1.165, 1.54) is 0 Å². The summed E-state index contributed by atoms with van der Waals surface area (Å²) in [5.41, 5.74) is 1.81. The van der Waals surface area contributed by atoms with E-state index >= 15 is 0 Å². The Labute approximate surface area is 115 Å². The molecule has 1 aromatic carbocycles. The zero-order chi connectivity index (χ0) is 13.0. The lowest BCUT2D eigenvalue weighted by atomic mass is 10.2. The molecule has 98 valence electrons.